The molecule has 0 spiro atoms. The average molecular weight is 495 g/mol. The first-order valence-electron chi connectivity index (χ1n) is 10.3. The molecule has 33 heavy (non-hydrogen) atoms. The SMILES string of the molecule is CCn1c(CNC(=O)c2nc3cc[nH]c3nc2N)[n+](CC)c2ccc(OCCN)cc21.Cl.[Cl-]. The Morgan fingerprint density at radius 3 is 2.76 bits per heavy atom. The maximum absolute atomic E-state index is 12.8. The third-order valence-electron chi connectivity index (χ3n) is 5.20. The highest BCUT2D eigenvalue weighted by Gasteiger charge is 2.25. The molecule has 0 saturated carbocycles. The summed E-state index contributed by atoms with van der Waals surface area (Å²) >= 11 is 0. The van der Waals surface area contributed by atoms with Crippen LogP contribution in [0.3, 0.4) is 0 Å². The molecule has 0 aliphatic heterocycles. The number of imidazole rings is 1. The van der Waals surface area contributed by atoms with E-state index in [1.807, 2.05) is 18.2 Å². The van der Waals surface area contributed by atoms with Crippen molar-refractivity contribution in [3.05, 3.63) is 42.0 Å². The Morgan fingerprint density at radius 2 is 2.06 bits per heavy atom. The fraction of sp³-hybridized carbons (Fsp3) is 0.333. The van der Waals surface area contributed by atoms with Crippen LogP contribution in [0.15, 0.2) is 30.5 Å². The van der Waals surface area contributed by atoms with Crippen LogP contribution < -0.4 is 38.5 Å². The molecule has 0 saturated heterocycles. The van der Waals surface area contributed by atoms with E-state index < -0.39 is 0 Å². The first-order valence-corrected chi connectivity index (χ1v) is 10.3. The molecule has 178 valence electrons. The number of nitrogens with two attached hydrogens (primary N) is 2. The molecular formula is C21H28Cl2N8O2. The second kappa shape index (κ2) is 11.2. The normalized spacial score (nSPS) is 10.6. The molecule has 0 aliphatic rings. The van der Waals surface area contributed by atoms with Crippen molar-refractivity contribution in [1.82, 2.24) is 24.8 Å². The Labute approximate surface area is 203 Å². The number of hydrogen-bond donors (Lipinski definition) is 4. The monoisotopic (exact) mass is 494 g/mol. The fourth-order valence-corrected chi connectivity index (χ4v) is 3.83. The minimum atomic E-state index is -0.365. The van der Waals surface area contributed by atoms with Crippen LogP contribution in [0.5, 0.6) is 5.75 Å². The number of nitrogens with one attached hydrogen (secondary N) is 2. The molecule has 0 bridgehead atoms. The van der Waals surface area contributed by atoms with Gasteiger partial charge in [-0.1, -0.05) is 0 Å². The first kappa shape index (κ1) is 26.2. The average Bonchev–Trinajstić information content (AvgIpc) is 3.35. The number of hydrogen-bond acceptors (Lipinski definition) is 6. The fourth-order valence-electron chi connectivity index (χ4n) is 3.83. The number of aryl methyl sites for hydroxylation is 2. The molecule has 1 amide bonds. The van der Waals surface area contributed by atoms with Crippen molar-refractivity contribution in [2.45, 2.75) is 33.5 Å². The third kappa shape index (κ3) is 4.97. The van der Waals surface area contributed by atoms with Gasteiger partial charge in [0.15, 0.2) is 28.2 Å². The van der Waals surface area contributed by atoms with Gasteiger partial charge in [0.2, 0.25) is 0 Å². The van der Waals surface area contributed by atoms with Gasteiger partial charge in [-0.25, -0.2) is 19.1 Å². The van der Waals surface area contributed by atoms with Crippen molar-refractivity contribution in [1.29, 1.82) is 0 Å². The number of benzene rings is 1. The Bertz CT molecular complexity index is 1250. The van der Waals surface area contributed by atoms with E-state index >= 15 is 0 Å². The zero-order chi connectivity index (χ0) is 22.0. The summed E-state index contributed by atoms with van der Waals surface area (Å²) in [6.45, 7) is 6.89. The number of aromatic nitrogens is 5. The van der Waals surface area contributed by atoms with Crippen LogP contribution in [0.4, 0.5) is 5.82 Å². The van der Waals surface area contributed by atoms with Crippen molar-refractivity contribution in [3.8, 4) is 5.75 Å². The highest BCUT2D eigenvalue weighted by atomic mass is 35.5. The second-order valence-corrected chi connectivity index (χ2v) is 7.04. The van der Waals surface area contributed by atoms with Crippen LogP contribution in [0, 0.1) is 0 Å². The number of nitrogen functional groups attached to an aromatic ring is 1. The van der Waals surface area contributed by atoms with Crippen LogP contribution >= 0.6 is 12.4 Å². The molecule has 0 aliphatic carbocycles. The van der Waals surface area contributed by atoms with Crippen LogP contribution in [-0.2, 0) is 19.6 Å². The summed E-state index contributed by atoms with van der Waals surface area (Å²) < 4.78 is 10.0. The molecule has 4 aromatic rings. The lowest BCUT2D eigenvalue weighted by Gasteiger charge is -2.07. The topological polar surface area (TPSA) is 141 Å². The van der Waals surface area contributed by atoms with Gasteiger partial charge in [0.25, 0.3) is 11.7 Å². The molecule has 0 fully saturated rings. The van der Waals surface area contributed by atoms with Crippen molar-refractivity contribution in [3.63, 3.8) is 0 Å². The number of amides is 1. The number of nitrogens with zero attached hydrogens (tertiary/aromatic N) is 4. The van der Waals surface area contributed by atoms with Crippen molar-refractivity contribution < 1.29 is 26.5 Å². The number of ether oxygens (including phenoxy) is 1. The lowest BCUT2D eigenvalue weighted by atomic mass is 10.3. The predicted molar refractivity (Wildman–Crippen MR) is 125 cm³/mol. The molecule has 0 atom stereocenters. The van der Waals surface area contributed by atoms with Crippen molar-refractivity contribution >= 4 is 46.3 Å². The van der Waals surface area contributed by atoms with Crippen molar-refractivity contribution in [2.75, 3.05) is 18.9 Å². The Hall–Kier alpha value is -3.08. The van der Waals surface area contributed by atoms with Crippen molar-refractivity contribution in [2.24, 2.45) is 5.73 Å². The number of anilines is 1. The standard InChI is InChI=1S/C21H26N8O2.2ClH/c1-3-28-15-6-5-13(31-10-8-22)11-16(15)29(4-2)17(28)12-25-21(30)18-19(23)27-20-14(26-18)7-9-24-20;;/h5-7,9,11H,3-4,8,10,12,22H2,1-2H3,(H3-,23,24,25,26,27,30);2*1H. The molecule has 1 aromatic carbocycles. The number of H-pyrrole nitrogens is 1. The number of carbonyl (C=O) groups excluding carboxylic acids is 1. The molecule has 6 N–H and O–H groups in total. The lowest BCUT2D eigenvalue weighted by molar-refractivity contribution is -0.676. The van der Waals surface area contributed by atoms with Gasteiger partial charge in [-0.15, -0.1) is 12.4 Å². The number of halogens is 2. The molecule has 3 aromatic heterocycles. The van der Waals surface area contributed by atoms with Gasteiger partial charge in [-0.3, -0.25) is 4.79 Å². The van der Waals surface area contributed by atoms with Gasteiger partial charge in [0, 0.05) is 18.8 Å². The Morgan fingerprint density at radius 1 is 1.27 bits per heavy atom. The summed E-state index contributed by atoms with van der Waals surface area (Å²) in [6.07, 6.45) is 1.71. The number of aromatic amines is 1. The van der Waals surface area contributed by atoms with E-state index in [1.54, 1.807) is 12.3 Å². The lowest BCUT2D eigenvalue weighted by Crippen LogP contribution is -3.00. The van der Waals surface area contributed by atoms with Gasteiger partial charge >= 0.3 is 0 Å². The Balaban J connectivity index is 0.00000193. The van der Waals surface area contributed by atoms with E-state index in [0.717, 1.165) is 35.7 Å². The quantitative estimate of drug-likeness (QED) is 0.220. The maximum atomic E-state index is 12.8. The molecule has 0 unspecified atom stereocenters. The molecular weight excluding hydrogens is 467 g/mol. The summed E-state index contributed by atoms with van der Waals surface area (Å²) in [7, 11) is 0. The van der Waals surface area contributed by atoms with E-state index in [2.05, 4.69) is 43.3 Å². The zero-order valence-corrected chi connectivity index (χ0v) is 20.0. The van der Waals surface area contributed by atoms with Crippen LogP contribution in [0.25, 0.3) is 22.2 Å². The summed E-state index contributed by atoms with van der Waals surface area (Å²) in [5.41, 5.74) is 14.9. The largest absolute Gasteiger partial charge is 1.00 e. The predicted octanol–water partition coefficient (Wildman–Crippen LogP) is -1.48. The molecule has 0 radical (unpaired) electrons. The van der Waals surface area contributed by atoms with Gasteiger partial charge in [0.1, 0.15) is 24.4 Å². The Kier molecular flexibility index (Phi) is 8.86. The highest BCUT2D eigenvalue weighted by Crippen LogP contribution is 2.22. The summed E-state index contributed by atoms with van der Waals surface area (Å²) in [6, 6.07) is 7.73. The first-order chi connectivity index (χ1) is 15.1. The van der Waals surface area contributed by atoms with Gasteiger partial charge in [0.05, 0.1) is 13.1 Å². The van der Waals surface area contributed by atoms with E-state index in [0.29, 0.717) is 30.9 Å². The van der Waals surface area contributed by atoms with Crippen LogP contribution in [0.2, 0.25) is 0 Å². The highest BCUT2D eigenvalue weighted by molar-refractivity contribution is 5.98. The summed E-state index contributed by atoms with van der Waals surface area (Å²) in [5.74, 6) is 1.47. The van der Waals surface area contributed by atoms with E-state index in [1.165, 1.54) is 0 Å². The molecule has 10 nitrogen and oxygen atoms in total. The van der Waals surface area contributed by atoms with E-state index in [9.17, 15) is 4.79 Å². The van der Waals surface area contributed by atoms with Gasteiger partial charge in [-0.05, 0) is 32.0 Å². The maximum Gasteiger partial charge on any atom is 0.277 e. The van der Waals surface area contributed by atoms with Gasteiger partial charge in [-0.2, -0.15) is 0 Å². The summed E-state index contributed by atoms with van der Waals surface area (Å²) in [4.78, 5) is 24.3. The van der Waals surface area contributed by atoms with E-state index in [-0.39, 0.29) is 42.2 Å². The smallest absolute Gasteiger partial charge is 0.277 e. The number of carbonyl (C=O) groups is 1. The molecule has 12 heteroatoms. The van der Waals surface area contributed by atoms with E-state index in [4.69, 9.17) is 16.2 Å². The zero-order valence-electron chi connectivity index (χ0n) is 18.5. The molecule has 3 heterocycles. The summed E-state index contributed by atoms with van der Waals surface area (Å²) in [5, 5.41) is 2.95. The molecule has 4 rings (SSSR count). The van der Waals surface area contributed by atoms with Crippen LogP contribution in [0.1, 0.15) is 30.2 Å². The van der Waals surface area contributed by atoms with Crippen LogP contribution in [-0.4, -0.2) is 38.6 Å². The minimum Gasteiger partial charge on any atom is -1.00 e. The number of rotatable bonds is 8. The second-order valence-electron chi connectivity index (χ2n) is 7.04. The number of fused-ring (bicyclic) bond motifs is 2. The minimum absolute atomic E-state index is 0. The van der Waals surface area contributed by atoms with Gasteiger partial charge < -0.3 is 38.9 Å². The third-order valence-corrected chi connectivity index (χ3v) is 5.20.